The Bertz CT molecular complexity index is 1240. The molecule has 3 aliphatic rings. The molecule has 3 unspecified atom stereocenters. The van der Waals surface area contributed by atoms with Crippen LogP contribution in [0.1, 0.15) is 56.2 Å². The van der Waals surface area contributed by atoms with Crippen LogP contribution in [0.15, 0.2) is 54.6 Å². The zero-order chi connectivity index (χ0) is 29.6. The van der Waals surface area contributed by atoms with Crippen LogP contribution in [0.4, 0.5) is 0 Å². The summed E-state index contributed by atoms with van der Waals surface area (Å²) in [6.07, 6.45) is -0.0188. The van der Waals surface area contributed by atoms with Crippen molar-refractivity contribution < 1.29 is 40.1 Å². The van der Waals surface area contributed by atoms with Crippen molar-refractivity contribution >= 4 is 11.6 Å². The first-order valence-corrected chi connectivity index (χ1v) is 14.7. The number of fused-ring (bicyclic) bond motifs is 2. The predicted octanol–water partition coefficient (Wildman–Crippen LogP) is 2.65. The maximum Gasteiger partial charge on any atom is 0.119 e. The predicted molar refractivity (Wildman–Crippen MR) is 154 cm³/mol. The summed E-state index contributed by atoms with van der Waals surface area (Å²) in [5.74, 6) is 0.716. The molecule has 2 aromatic rings. The fraction of sp³-hybridized carbons (Fsp3) is 0.562. The SMILES string of the molecule is CC(C)(O)[C@@]12CC(O)[C@@](c3ccc(Cl)c(Cc4ccc(OCCOC5C=CCCC5)cc4)c3)(C1O)[C@@H](O)[C@H](O)[C@H]2O. The molecule has 41 heavy (non-hydrogen) atoms. The van der Waals surface area contributed by atoms with E-state index in [9.17, 15) is 30.6 Å². The van der Waals surface area contributed by atoms with Crippen LogP contribution < -0.4 is 4.74 Å². The zero-order valence-corrected chi connectivity index (χ0v) is 24.2. The van der Waals surface area contributed by atoms with Crippen LogP contribution in [0, 0.1) is 5.41 Å². The van der Waals surface area contributed by atoms with Crippen LogP contribution in [-0.4, -0.2) is 86.1 Å². The smallest absolute Gasteiger partial charge is 0.119 e. The first kappa shape index (κ1) is 30.4. The van der Waals surface area contributed by atoms with Crippen LogP contribution in [0.2, 0.25) is 5.02 Å². The van der Waals surface area contributed by atoms with E-state index in [1.54, 1.807) is 18.2 Å². The van der Waals surface area contributed by atoms with Gasteiger partial charge in [-0.25, -0.2) is 0 Å². The molecule has 0 saturated heterocycles. The van der Waals surface area contributed by atoms with E-state index in [0.717, 1.165) is 24.8 Å². The normalized spacial score (nSPS) is 35.0. The quantitative estimate of drug-likeness (QED) is 0.194. The second-order valence-electron chi connectivity index (χ2n) is 12.3. The average molecular weight is 589 g/mol. The summed E-state index contributed by atoms with van der Waals surface area (Å²) in [4.78, 5) is 0. The van der Waals surface area contributed by atoms with Gasteiger partial charge in [-0.2, -0.15) is 0 Å². The van der Waals surface area contributed by atoms with Gasteiger partial charge in [0.05, 0.1) is 53.6 Å². The van der Waals surface area contributed by atoms with Crippen LogP contribution in [0.3, 0.4) is 0 Å². The van der Waals surface area contributed by atoms with Gasteiger partial charge in [0.15, 0.2) is 0 Å². The van der Waals surface area contributed by atoms with E-state index >= 15 is 0 Å². The minimum atomic E-state index is -1.74. The number of hydrogen-bond acceptors (Lipinski definition) is 8. The van der Waals surface area contributed by atoms with Crippen molar-refractivity contribution in [2.45, 2.75) is 93.6 Å². The fourth-order valence-corrected chi connectivity index (χ4v) is 7.44. The van der Waals surface area contributed by atoms with Gasteiger partial charge in [0.1, 0.15) is 18.5 Å². The van der Waals surface area contributed by atoms with E-state index in [4.69, 9.17) is 21.1 Å². The largest absolute Gasteiger partial charge is 0.491 e. The van der Waals surface area contributed by atoms with Crippen molar-refractivity contribution in [3.63, 3.8) is 0 Å². The molecule has 5 rings (SSSR count). The Kier molecular flexibility index (Phi) is 8.60. The van der Waals surface area contributed by atoms with Crippen LogP contribution >= 0.6 is 11.6 Å². The molecular formula is C32H41ClO8. The van der Waals surface area contributed by atoms with Crippen LogP contribution in [0.25, 0.3) is 0 Å². The molecule has 8 nitrogen and oxygen atoms in total. The number of hydrogen-bond donors (Lipinski definition) is 6. The second kappa shape index (κ2) is 11.6. The monoisotopic (exact) mass is 588 g/mol. The van der Waals surface area contributed by atoms with Gasteiger partial charge in [0.25, 0.3) is 0 Å². The Morgan fingerprint density at radius 1 is 0.976 bits per heavy atom. The van der Waals surface area contributed by atoms with Gasteiger partial charge in [0, 0.05) is 5.02 Å². The highest BCUT2D eigenvalue weighted by molar-refractivity contribution is 6.31. The summed E-state index contributed by atoms with van der Waals surface area (Å²) in [7, 11) is 0. The number of ether oxygens (including phenoxy) is 2. The third-order valence-corrected chi connectivity index (χ3v) is 9.95. The molecule has 0 spiro atoms. The molecule has 2 fully saturated rings. The number of halogens is 1. The highest BCUT2D eigenvalue weighted by Gasteiger charge is 2.77. The molecule has 2 bridgehead atoms. The summed E-state index contributed by atoms with van der Waals surface area (Å²) in [6.45, 7) is 3.80. The summed E-state index contributed by atoms with van der Waals surface area (Å²) in [5, 5.41) is 67.5. The van der Waals surface area contributed by atoms with Crippen molar-refractivity contribution in [1.82, 2.24) is 0 Å². The number of rotatable bonds is 9. The average Bonchev–Trinajstić information content (AvgIpc) is 3.16. The Morgan fingerprint density at radius 3 is 2.37 bits per heavy atom. The number of benzene rings is 2. The number of aliphatic hydroxyl groups is 6. The van der Waals surface area contributed by atoms with Gasteiger partial charge in [-0.1, -0.05) is 48.0 Å². The van der Waals surface area contributed by atoms with E-state index in [1.165, 1.54) is 13.8 Å². The highest BCUT2D eigenvalue weighted by atomic mass is 35.5. The Hall–Kier alpha value is -2.01. The van der Waals surface area contributed by atoms with E-state index in [-0.39, 0.29) is 12.5 Å². The number of aliphatic hydroxyl groups excluding tert-OH is 5. The van der Waals surface area contributed by atoms with E-state index < -0.39 is 47.0 Å². The van der Waals surface area contributed by atoms with Gasteiger partial charge in [-0.15, -0.1) is 0 Å². The van der Waals surface area contributed by atoms with Crippen molar-refractivity contribution in [1.29, 1.82) is 0 Å². The van der Waals surface area contributed by atoms with Crippen LogP contribution in [-0.2, 0) is 16.6 Å². The molecular weight excluding hydrogens is 548 g/mol. The van der Waals surface area contributed by atoms with Gasteiger partial charge >= 0.3 is 0 Å². The molecule has 0 aromatic heterocycles. The maximum absolute atomic E-state index is 11.7. The third kappa shape index (κ3) is 5.12. The summed E-state index contributed by atoms with van der Waals surface area (Å²) in [5.41, 5.74) is -3.09. The molecule has 6 N–H and O–H groups in total. The second-order valence-corrected chi connectivity index (χ2v) is 12.7. The lowest BCUT2D eigenvalue weighted by Crippen LogP contribution is -2.72. The fourth-order valence-electron chi connectivity index (χ4n) is 7.26. The minimum absolute atomic E-state index is 0.163. The van der Waals surface area contributed by atoms with Gasteiger partial charge < -0.3 is 40.1 Å². The van der Waals surface area contributed by atoms with Gasteiger partial charge in [-0.05, 0) is 80.8 Å². The van der Waals surface area contributed by atoms with Crippen molar-refractivity contribution in [2.75, 3.05) is 13.2 Å². The Balaban J connectivity index is 1.34. The first-order chi connectivity index (χ1) is 19.4. The molecule has 9 heteroatoms. The highest BCUT2D eigenvalue weighted by Crippen LogP contribution is 2.63. The first-order valence-electron chi connectivity index (χ1n) is 14.3. The molecule has 0 amide bonds. The van der Waals surface area contributed by atoms with Gasteiger partial charge in [0.2, 0.25) is 0 Å². The zero-order valence-electron chi connectivity index (χ0n) is 23.5. The molecule has 0 heterocycles. The van der Waals surface area contributed by atoms with E-state index in [0.29, 0.717) is 41.5 Å². The minimum Gasteiger partial charge on any atom is -0.491 e. The lowest BCUT2D eigenvalue weighted by Gasteiger charge is -2.56. The Labute approximate surface area is 245 Å². The topological polar surface area (TPSA) is 140 Å². The molecule has 3 aliphatic carbocycles. The summed E-state index contributed by atoms with van der Waals surface area (Å²) >= 11 is 6.56. The molecule has 2 saturated carbocycles. The van der Waals surface area contributed by atoms with E-state index in [1.807, 2.05) is 24.3 Å². The molecule has 0 aliphatic heterocycles. The number of allylic oxidation sites excluding steroid dienone is 1. The standard InChI is InChI=1S/C32H41ClO8/c1-30(2,39)31-18-25(34)32(29(31)38,28(37)26(35)27(31)36)21-10-13-24(33)20(17-21)16-19-8-11-23(12-9-19)41-15-14-40-22-6-4-3-5-7-22/h4,6,8-13,17,22,25-29,34-39H,3,5,7,14-16,18H2,1-2H3/t22?,25?,26-,27-,28+,29?,31-,32-/m1/s1. The molecule has 224 valence electrons. The van der Waals surface area contributed by atoms with Crippen molar-refractivity contribution in [3.05, 3.63) is 76.3 Å². The summed E-state index contributed by atoms with van der Waals surface area (Å²) in [6, 6.07) is 12.5. The lowest BCUT2D eigenvalue weighted by molar-refractivity contribution is -0.254. The third-order valence-electron chi connectivity index (χ3n) is 9.58. The lowest BCUT2D eigenvalue weighted by atomic mass is 9.55. The van der Waals surface area contributed by atoms with Gasteiger partial charge in [-0.3, -0.25) is 0 Å². The maximum atomic E-state index is 11.7. The Morgan fingerprint density at radius 2 is 1.71 bits per heavy atom. The van der Waals surface area contributed by atoms with Crippen molar-refractivity contribution in [3.8, 4) is 5.75 Å². The van der Waals surface area contributed by atoms with Crippen LogP contribution in [0.5, 0.6) is 5.75 Å². The summed E-state index contributed by atoms with van der Waals surface area (Å²) < 4.78 is 11.7. The van der Waals surface area contributed by atoms with Crippen molar-refractivity contribution in [2.24, 2.45) is 5.41 Å². The molecule has 8 atom stereocenters. The van der Waals surface area contributed by atoms with E-state index in [2.05, 4.69) is 12.2 Å². The molecule has 0 radical (unpaired) electrons. The molecule has 2 aromatic carbocycles.